The molecule has 1 aromatic heterocycles. The minimum atomic E-state index is -0.141. The Kier molecular flexibility index (Phi) is 6.09. The van der Waals surface area contributed by atoms with Crippen molar-refractivity contribution in [1.82, 2.24) is 20.2 Å². The summed E-state index contributed by atoms with van der Waals surface area (Å²) < 4.78 is 16.1. The maximum absolute atomic E-state index is 14.1. The van der Waals surface area contributed by atoms with Gasteiger partial charge in [-0.3, -0.25) is 0 Å². The molecule has 7 heteroatoms. The number of nitrogens with one attached hydrogen (secondary N) is 1. The Bertz CT molecular complexity index is 730. The smallest absolute Gasteiger partial charge is 0.209 e. The van der Waals surface area contributed by atoms with Crippen molar-refractivity contribution in [1.29, 1.82) is 0 Å². The molecule has 3 rings (SSSR count). The van der Waals surface area contributed by atoms with Crippen LogP contribution in [0.2, 0.25) is 0 Å². The number of tetrazole rings is 1. The second-order valence-electron chi connectivity index (χ2n) is 8.41. The molecule has 2 heterocycles. The summed E-state index contributed by atoms with van der Waals surface area (Å²) in [4.78, 5) is 3.65. The number of quaternary nitrogens is 1. The lowest BCUT2D eigenvalue weighted by Crippen LogP contribution is -3.15. The molecule has 0 radical (unpaired) electrons. The molecule has 1 aliphatic heterocycles. The van der Waals surface area contributed by atoms with Crippen LogP contribution in [0.1, 0.15) is 58.8 Å². The lowest BCUT2D eigenvalue weighted by Gasteiger charge is -2.37. The second kappa shape index (κ2) is 8.33. The first kappa shape index (κ1) is 19.7. The zero-order valence-electron chi connectivity index (χ0n) is 17.0. The first-order valence-corrected chi connectivity index (χ1v) is 10.0. The lowest BCUT2D eigenvalue weighted by molar-refractivity contribution is -0.933. The van der Waals surface area contributed by atoms with Crippen molar-refractivity contribution in [3.8, 4) is 0 Å². The molecule has 1 aromatic carbocycles. The van der Waals surface area contributed by atoms with Gasteiger partial charge in [-0.05, 0) is 49.8 Å². The summed E-state index contributed by atoms with van der Waals surface area (Å²) in [5.41, 5.74) is 0.568. The van der Waals surface area contributed by atoms with E-state index in [4.69, 9.17) is 0 Å². The van der Waals surface area contributed by atoms with E-state index in [1.165, 1.54) is 11.0 Å². The quantitative estimate of drug-likeness (QED) is 0.841. The van der Waals surface area contributed by atoms with Gasteiger partial charge in [0.25, 0.3) is 0 Å². The summed E-state index contributed by atoms with van der Waals surface area (Å²) in [7, 11) is 0. The molecule has 0 saturated carbocycles. The van der Waals surface area contributed by atoms with Gasteiger partial charge in [-0.25, -0.2) is 9.07 Å². The number of aromatic nitrogens is 4. The SMILES string of the molecule is CCCC[C@H](c1nnnn1C(C)(C)C)[NH+]1CCN(c2ccccc2F)CC1. The van der Waals surface area contributed by atoms with Crippen LogP contribution >= 0.6 is 0 Å². The maximum Gasteiger partial charge on any atom is 0.209 e. The molecule has 0 amide bonds. The van der Waals surface area contributed by atoms with Gasteiger partial charge in [0.2, 0.25) is 5.82 Å². The minimum Gasteiger partial charge on any atom is -0.358 e. The molecule has 0 spiro atoms. The second-order valence-corrected chi connectivity index (χ2v) is 8.41. The van der Waals surface area contributed by atoms with Crippen LogP contribution < -0.4 is 9.80 Å². The minimum absolute atomic E-state index is 0.139. The summed E-state index contributed by atoms with van der Waals surface area (Å²) in [5, 5.41) is 12.7. The van der Waals surface area contributed by atoms with E-state index in [9.17, 15) is 4.39 Å². The number of nitrogens with zero attached hydrogens (tertiary/aromatic N) is 5. The van der Waals surface area contributed by atoms with Gasteiger partial charge in [0.05, 0.1) is 37.4 Å². The Labute approximate surface area is 161 Å². The fraction of sp³-hybridized carbons (Fsp3) is 0.650. The third-order valence-electron chi connectivity index (χ3n) is 5.38. The van der Waals surface area contributed by atoms with E-state index in [1.54, 1.807) is 6.07 Å². The van der Waals surface area contributed by atoms with Crippen molar-refractivity contribution >= 4 is 5.69 Å². The standard InChI is InChI=1S/C20H31FN6/c1-5-6-10-18(19-22-23-24-27(19)20(2,3)4)26-14-12-25(13-15-26)17-11-8-7-9-16(17)21/h7-9,11,18H,5-6,10,12-15H2,1-4H3/p+1/t18-/m1/s1. The molecular formula is C20H32FN6+. The predicted molar refractivity (Wildman–Crippen MR) is 104 cm³/mol. The fourth-order valence-corrected chi connectivity index (χ4v) is 3.90. The van der Waals surface area contributed by atoms with E-state index in [-0.39, 0.29) is 17.4 Å². The number of hydrogen-bond acceptors (Lipinski definition) is 4. The molecular weight excluding hydrogens is 343 g/mol. The summed E-state index contributed by atoms with van der Waals surface area (Å²) in [6.07, 6.45) is 3.38. The molecule has 1 atom stereocenters. The zero-order valence-corrected chi connectivity index (χ0v) is 17.0. The monoisotopic (exact) mass is 375 g/mol. The molecule has 1 aliphatic rings. The number of benzene rings is 1. The van der Waals surface area contributed by atoms with Crippen molar-refractivity contribution < 1.29 is 9.29 Å². The molecule has 0 aliphatic carbocycles. The normalized spacial score (nSPS) is 17.3. The highest BCUT2D eigenvalue weighted by Gasteiger charge is 2.34. The Balaban J connectivity index is 1.76. The average molecular weight is 376 g/mol. The van der Waals surface area contributed by atoms with Crippen molar-refractivity contribution in [2.45, 2.75) is 58.5 Å². The Hall–Kier alpha value is -2.02. The van der Waals surface area contributed by atoms with E-state index in [1.807, 2.05) is 16.8 Å². The molecule has 2 aromatic rings. The predicted octanol–water partition coefficient (Wildman–Crippen LogP) is 2.20. The van der Waals surface area contributed by atoms with Gasteiger partial charge >= 0.3 is 0 Å². The highest BCUT2D eigenvalue weighted by Crippen LogP contribution is 2.22. The molecule has 0 bridgehead atoms. The van der Waals surface area contributed by atoms with E-state index < -0.39 is 0 Å². The van der Waals surface area contributed by atoms with Crippen LogP contribution in [0.3, 0.4) is 0 Å². The first-order chi connectivity index (χ1) is 12.9. The average Bonchev–Trinajstić information content (AvgIpc) is 3.13. The van der Waals surface area contributed by atoms with Crippen molar-refractivity contribution in [3.05, 3.63) is 35.9 Å². The number of halogens is 1. The van der Waals surface area contributed by atoms with Crippen LogP contribution in [0.5, 0.6) is 0 Å². The molecule has 1 saturated heterocycles. The summed E-state index contributed by atoms with van der Waals surface area (Å²) >= 11 is 0. The Morgan fingerprint density at radius 2 is 1.89 bits per heavy atom. The molecule has 1 fully saturated rings. The molecule has 6 nitrogen and oxygen atoms in total. The molecule has 27 heavy (non-hydrogen) atoms. The van der Waals surface area contributed by atoms with Crippen LogP contribution in [-0.2, 0) is 5.54 Å². The van der Waals surface area contributed by atoms with E-state index in [0.29, 0.717) is 5.69 Å². The van der Waals surface area contributed by atoms with Gasteiger partial charge < -0.3 is 9.80 Å². The van der Waals surface area contributed by atoms with E-state index in [0.717, 1.165) is 51.3 Å². The topological polar surface area (TPSA) is 51.3 Å². The summed E-state index contributed by atoms with van der Waals surface area (Å²) in [5.74, 6) is 0.838. The third-order valence-corrected chi connectivity index (χ3v) is 5.38. The van der Waals surface area contributed by atoms with Crippen LogP contribution in [-0.4, -0.2) is 46.4 Å². The van der Waals surface area contributed by atoms with Crippen LogP contribution in [0.4, 0.5) is 10.1 Å². The van der Waals surface area contributed by atoms with Crippen molar-refractivity contribution in [2.24, 2.45) is 0 Å². The van der Waals surface area contributed by atoms with Crippen molar-refractivity contribution in [3.63, 3.8) is 0 Å². The number of hydrogen-bond donors (Lipinski definition) is 1. The Morgan fingerprint density at radius 1 is 1.19 bits per heavy atom. The highest BCUT2D eigenvalue weighted by molar-refractivity contribution is 5.47. The zero-order chi connectivity index (χ0) is 19.4. The number of unbranched alkanes of at least 4 members (excludes halogenated alkanes) is 1. The lowest BCUT2D eigenvalue weighted by atomic mass is 10.0. The number of piperazine rings is 1. The van der Waals surface area contributed by atoms with E-state index in [2.05, 4.69) is 48.1 Å². The molecule has 148 valence electrons. The van der Waals surface area contributed by atoms with Crippen LogP contribution in [0.25, 0.3) is 0 Å². The molecule has 1 N–H and O–H groups in total. The van der Waals surface area contributed by atoms with Gasteiger partial charge in [-0.2, -0.15) is 0 Å². The van der Waals surface area contributed by atoms with Crippen LogP contribution in [0, 0.1) is 5.82 Å². The van der Waals surface area contributed by atoms with Gasteiger partial charge in [0.1, 0.15) is 11.9 Å². The van der Waals surface area contributed by atoms with Gasteiger partial charge in [0, 0.05) is 6.42 Å². The fourth-order valence-electron chi connectivity index (χ4n) is 3.90. The largest absolute Gasteiger partial charge is 0.358 e. The van der Waals surface area contributed by atoms with Gasteiger partial charge in [-0.15, -0.1) is 5.10 Å². The molecule has 0 unspecified atom stereocenters. The number of rotatable bonds is 6. The van der Waals surface area contributed by atoms with Crippen LogP contribution in [0.15, 0.2) is 24.3 Å². The number of anilines is 1. The third kappa shape index (κ3) is 4.46. The summed E-state index contributed by atoms with van der Waals surface area (Å²) in [6.45, 7) is 12.2. The van der Waals surface area contributed by atoms with E-state index >= 15 is 0 Å². The van der Waals surface area contributed by atoms with Gasteiger partial charge in [-0.1, -0.05) is 25.5 Å². The maximum atomic E-state index is 14.1. The highest BCUT2D eigenvalue weighted by atomic mass is 19.1. The first-order valence-electron chi connectivity index (χ1n) is 10.0. The number of para-hydroxylation sites is 1. The van der Waals surface area contributed by atoms with Gasteiger partial charge in [0.15, 0.2) is 0 Å². The van der Waals surface area contributed by atoms with Crippen molar-refractivity contribution in [2.75, 3.05) is 31.1 Å². The summed E-state index contributed by atoms with van der Waals surface area (Å²) in [6, 6.07) is 7.33. The Morgan fingerprint density at radius 3 is 2.52 bits per heavy atom.